The second-order valence-corrected chi connectivity index (χ2v) is 6.08. The Morgan fingerprint density at radius 2 is 1.89 bits per heavy atom. The van der Waals surface area contributed by atoms with Crippen molar-refractivity contribution in [2.75, 3.05) is 5.73 Å². The van der Waals surface area contributed by atoms with Crippen LogP contribution in [0.3, 0.4) is 0 Å². The number of nitrogens with zero attached hydrogens (tertiary/aromatic N) is 3. The van der Waals surface area contributed by atoms with E-state index in [9.17, 15) is 13.6 Å². The van der Waals surface area contributed by atoms with Gasteiger partial charge in [-0.2, -0.15) is 4.52 Å². The molecule has 8 nitrogen and oxygen atoms in total. The number of benzene rings is 1. The highest BCUT2D eigenvalue weighted by Crippen LogP contribution is 2.42. The Bertz CT molecular complexity index is 1280. The van der Waals surface area contributed by atoms with E-state index in [2.05, 4.69) is 24.5 Å². The Morgan fingerprint density at radius 3 is 2.68 bits per heavy atom. The quantitative estimate of drug-likeness (QED) is 0.551. The molecule has 10 heteroatoms. The first-order chi connectivity index (χ1) is 13.4. The maximum atomic E-state index is 13.2. The lowest BCUT2D eigenvalue weighted by Gasteiger charge is -2.05. The summed E-state index contributed by atoms with van der Waals surface area (Å²) in [5.74, 6) is 0.000392. The molecular formula is C18H11F2N5O3. The number of hydrogen-bond donors (Lipinski definition) is 2. The Hall–Kier alpha value is -3.95. The number of nitrogens with two attached hydrogens (primary N) is 1. The summed E-state index contributed by atoms with van der Waals surface area (Å²) >= 11 is 0. The summed E-state index contributed by atoms with van der Waals surface area (Å²) in [6.07, 6.45) is -2.13. The van der Waals surface area contributed by atoms with Gasteiger partial charge >= 0.3 is 6.29 Å². The van der Waals surface area contributed by atoms with Gasteiger partial charge in [-0.1, -0.05) is 6.07 Å². The minimum Gasteiger partial charge on any atom is -0.395 e. The van der Waals surface area contributed by atoms with Crippen LogP contribution >= 0.6 is 0 Å². The largest absolute Gasteiger partial charge is 0.586 e. The Morgan fingerprint density at radius 1 is 1.07 bits per heavy atom. The third kappa shape index (κ3) is 2.46. The van der Waals surface area contributed by atoms with Gasteiger partial charge in [-0.25, -0.2) is 4.98 Å². The first-order valence-electron chi connectivity index (χ1n) is 8.14. The van der Waals surface area contributed by atoms with E-state index in [1.165, 1.54) is 28.8 Å². The number of H-pyrrole nitrogens is 1. The van der Waals surface area contributed by atoms with Crippen LogP contribution in [-0.2, 0) is 0 Å². The average molecular weight is 383 g/mol. The van der Waals surface area contributed by atoms with Gasteiger partial charge in [0, 0.05) is 17.8 Å². The number of halogens is 2. The van der Waals surface area contributed by atoms with E-state index in [1.54, 1.807) is 24.4 Å². The topological polar surface area (TPSA) is 108 Å². The molecule has 0 fully saturated rings. The van der Waals surface area contributed by atoms with Crippen molar-refractivity contribution in [3.05, 3.63) is 59.0 Å². The van der Waals surface area contributed by atoms with E-state index in [1.807, 2.05) is 0 Å². The van der Waals surface area contributed by atoms with Gasteiger partial charge in [0.1, 0.15) is 5.82 Å². The fraction of sp³-hybridized carbons (Fsp3) is 0.0556. The third-order valence-electron chi connectivity index (χ3n) is 4.26. The molecule has 1 aromatic carbocycles. The fourth-order valence-corrected chi connectivity index (χ4v) is 3.07. The van der Waals surface area contributed by atoms with Crippen molar-refractivity contribution in [3.63, 3.8) is 0 Å². The van der Waals surface area contributed by atoms with Crippen LogP contribution in [0.25, 0.3) is 28.2 Å². The lowest BCUT2D eigenvalue weighted by molar-refractivity contribution is -0.286. The SMILES string of the molecule is Nc1[nH]n2c(=O)cc(-c3ccc4c(c3)OC(F)(F)O4)nc2c1-c1ccccn1. The van der Waals surface area contributed by atoms with Gasteiger partial charge in [-0.05, 0) is 30.3 Å². The molecule has 0 bridgehead atoms. The number of aromatic nitrogens is 4. The van der Waals surface area contributed by atoms with Crippen LogP contribution in [0.4, 0.5) is 14.6 Å². The first kappa shape index (κ1) is 16.2. The molecular weight excluding hydrogens is 372 g/mol. The molecule has 0 atom stereocenters. The maximum Gasteiger partial charge on any atom is 0.586 e. The smallest absolute Gasteiger partial charge is 0.395 e. The molecule has 0 amide bonds. The number of ether oxygens (including phenoxy) is 2. The van der Waals surface area contributed by atoms with Crippen LogP contribution in [0.2, 0.25) is 0 Å². The zero-order valence-electron chi connectivity index (χ0n) is 14.0. The van der Waals surface area contributed by atoms with E-state index in [0.717, 1.165) is 0 Å². The Balaban J connectivity index is 1.70. The predicted octanol–water partition coefficient (Wildman–Crippen LogP) is 2.66. The van der Waals surface area contributed by atoms with Crippen molar-refractivity contribution in [2.45, 2.75) is 6.29 Å². The molecule has 0 aliphatic carbocycles. The lowest BCUT2D eigenvalue weighted by Crippen LogP contribution is -2.25. The molecule has 3 N–H and O–H groups in total. The van der Waals surface area contributed by atoms with Crippen LogP contribution in [0.1, 0.15) is 0 Å². The Kier molecular flexibility index (Phi) is 3.20. The summed E-state index contributed by atoms with van der Waals surface area (Å²) in [6, 6.07) is 10.7. The van der Waals surface area contributed by atoms with E-state index in [-0.39, 0.29) is 28.7 Å². The van der Waals surface area contributed by atoms with E-state index in [0.29, 0.717) is 16.8 Å². The minimum absolute atomic E-state index is 0.0911. The predicted molar refractivity (Wildman–Crippen MR) is 95.1 cm³/mol. The molecule has 0 saturated carbocycles. The number of aromatic amines is 1. The molecule has 5 rings (SSSR count). The van der Waals surface area contributed by atoms with Crippen LogP contribution in [0.5, 0.6) is 11.5 Å². The fourth-order valence-electron chi connectivity index (χ4n) is 3.07. The van der Waals surface area contributed by atoms with Gasteiger partial charge in [-0.15, -0.1) is 8.78 Å². The zero-order valence-corrected chi connectivity index (χ0v) is 14.0. The molecule has 0 radical (unpaired) electrons. The molecule has 0 saturated heterocycles. The number of hydrogen-bond acceptors (Lipinski definition) is 6. The number of fused-ring (bicyclic) bond motifs is 2. The summed E-state index contributed by atoms with van der Waals surface area (Å²) in [7, 11) is 0. The van der Waals surface area contributed by atoms with Crippen molar-refractivity contribution in [3.8, 4) is 34.0 Å². The van der Waals surface area contributed by atoms with Crippen LogP contribution in [0, 0.1) is 0 Å². The monoisotopic (exact) mass is 383 g/mol. The minimum atomic E-state index is -3.72. The van der Waals surface area contributed by atoms with Crippen LogP contribution < -0.4 is 20.8 Å². The number of alkyl halides is 2. The van der Waals surface area contributed by atoms with Gasteiger partial charge in [0.2, 0.25) is 0 Å². The van der Waals surface area contributed by atoms with Gasteiger partial charge < -0.3 is 15.2 Å². The van der Waals surface area contributed by atoms with Gasteiger partial charge in [0.25, 0.3) is 5.56 Å². The van der Waals surface area contributed by atoms with Crippen molar-refractivity contribution >= 4 is 11.5 Å². The summed E-state index contributed by atoms with van der Waals surface area (Å²) in [6.45, 7) is 0. The lowest BCUT2D eigenvalue weighted by atomic mass is 10.1. The second kappa shape index (κ2) is 5.52. The van der Waals surface area contributed by atoms with Crippen molar-refractivity contribution < 1.29 is 18.3 Å². The van der Waals surface area contributed by atoms with Crippen molar-refractivity contribution in [2.24, 2.45) is 0 Å². The number of nitrogen functional groups attached to an aromatic ring is 1. The van der Waals surface area contributed by atoms with E-state index in [4.69, 9.17) is 5.73 Å². The number of anilines is 1. The molecule has 4 aromatic rings. The molecule has 1 aliphatic rings. The van der Waals surface area contributed by atoms with Crippen molar-refractivity contribution in [1.29, 1.82) is 0 Å². The highest BCUT2D eigenvalue weighted by atomic mass is 19.3. The number of pyridine rings is 1. The summed E-state index contributed by atoms with van der Waals surface area (Å²) in [5, 5.41) is 2.76. The molecule has 28 heavy (non-hydrogen) atoms. The highest BCUT2D eigenvalue weighted by molar-refractivity contribution is 5.85. The second-order valence-electron chi connectivity index (χ2n) is 6.08. The third-order valence-corrected chi connectivity index (χ3v) is 4.26. The van der Waals surface area contributed by atoms with E-state index < -0.39 is 11.9 Å². The number of rotatable bonds is 2. The highest BCUT2D eigenvalue weighted by Gasteiger charge is 2.43. The average Bonchev–Trinajstić information content (AvgIpc) is 3.16. The normalized spacial score (nSPS) is 14.5. The van der Waals surface area contributed by atoms with Crippen LogP contribution in [0.15, 0.2) is 53.5 Å². The van der Waals surface area contributed by atoms with Gasteiger partial charge in [-0.3, -0.25) is 14.9 Å². The summed E-state index contributed by atoms with van der Waals surface area (Å²) in [4.78, 5) is 21.3. The van der Waals surface area contributed by atoms with Crippen molar-refractivity contribution in [1.82, 2.24) is 19.6 Å². The van der Waals surface area contributed by atoms with E-state index >= 15 is 0 Å². The zero-order chi connectivity index (χ0) is 19.5. The maximum absolute atomic E-state index is 13.2. The summed E-state index contributed by atoms with van der Waals surface area (Å²) in [5.41, 5.74) is 7.55. The molecule has 4 heterocycles. The van der Waals surface area contributed by atoms with Gasteiger partial charge in [0.15, 0.2) is 17.1 Å². The standard InChI is InChI=1S/C18H11F2N5O3/c19-18(20)27-12-5-4-9(7-13(12)28-18)11-8-14(26)25-17(23-11)15(16(21)24-25)10-3-1-2-6-22-10/h1-8,24H,21H2. The molecule has 0 spiro atoms. The van der Waals surface area contributed by atoms with Crippen LogP contribution in [-0.4, -0.2) is 25.9 Å². The molecule has 3 aromatic heterocycles. The first-order valence-corrected chi connectivity index (χ1v) is 8.14. The number of nitrogens with one attached hydrogen (secondary N) is 1. The Labute approximate surface area is 155 Å². The molecule has 0 unspecified atom stereocenters. The molecule has 1 aliphatic heterocycles. The molecule has 140 valence electrons. The summed E-state index contributed by atoms with van der Waals surface area (Å²) < 4.78 is 36.6. The van der Waals surface area contributed by atoms with Gasteiger partial charge in [0.05, 0.1) is 17.0 Å².